The maximum absolute atomic E-state index is 12.1. The topological polar surface area (TPSA) is 46.3 Å². The van der Waals surface area contributed by atoms with Gasteiger partial charge in [-0.05, 0) is 37.2 Å². The molecule has 0 spiro atoms. The van der Waals surface area contributed by atoms with Crippen LogP contribution in [0.5, 0.6) is 0 Å². The number of hydrogen-bond donors (Lipinski definition) is 1. The highest BCUT2D eigenvalue weighted by Gasteiger charge is 2.27. The van der Waals surface area contributed by atoms with Crippen molar-refractivity contribution in [1.82, 2.24) is 4.90 Å². The molecule has 1 aliphatic carbocycles. The monoisotopic (exact) mass is 258 g/mol. The van der Waals surface area contributed by atoms with Crippen LogP contribution in [0.4, 0.5) is 0 Å². The molecule has 4 heteroatoms. The van der Waals surface area contributed by atoms with Crippen LogP contribution in [0, 0.1) is 5.92 Å². The van der Waals surface area contributed by atoms with Crippen LogP contribution < -0.4 is 5.73 Å². The molecule has 0 bridgehead atoms. The van der Waals surface area contributed by atoms with Gasteiger partial charge in [0.1, 0.15) is 0 Å². The van der Waals surface area contributed by atoms with E-state index in [0.29, 0.717) is 6.04 Å². The van der Waals surface area contributed by atoms with Gasteiger partial charge in [-0.1, -0.05) is 19.8 Å². The van der Waals surface area contributed by atoms with E-state index in [4.69, 9.17) is 5.73 Å². The molecule has 100 valence electrons. The van der Waals surface area contributed by atoms with Crippen molar-refractivity contribution in [3.05, 3.63) is 0 Å². The molecular formula is C13H26N2OS. The fourth-order valence-corrected chi connectivity index (χ4v) is 3.05. The summed E-state index contributed by atoms with van der Waals surface area (Å²) in [7, 11) is 1.92. The summed E-state index contributed by atoms with van der Waals surface area (Å²) in [6.45, 7) is 2.28. The molecular weight excluding hydrogens is 232 g/mol. The standard InChI is InChI=1S/C13H26N2OS/c1-10-5-4-6-11(9-10)15(2)13(16)12(14)7-8-17-3/h10-12H,4-9,14H2,1-3H3/t10?,11?,12-/m1/s1. The Kier molecular flexibility index (Phi) is 6.34. The minimum absolute atomic E-state index is 0.123. The molecule has 0 radical (unpaired) electrons. The van der Waals surface area contributed by atoms with Gasteiger partial charge in [0.15, 0.2) is 0 Å². The van der Waals surface area contributed by atoms with Crippen LogP contribution in [0.1, 0.15) is 39.0 Å². The zero-order valence-electron chi connectivity index (χ0n) is 11.3. The Balaban J connectivity index is 2.44. The van der Waals surface area contributed by atoms with Crippen LogP contribution in [-0.4, -0.2) is 41.9 Å². The summed E-state index contributed by atoms with van der Waals surface area (Å²) in [6, 6.07) is 0.0938. The summed E-state index contributed by atoms with van der Waals surface area (Å²) < 4.78 is 0. The van der Waals surface area contributed by atoms with Crippen molar-refractivity contribution in [2.45, 2.75) is 51.1 Å². The summed E-state index contributed by atoms with van der Waals surface area (Å²) in [5, 5.41) is 0. The SMILES string of the molecule is CSCC[C@@H](N)C(=O)N(C)C1CCCC(C)C1. The van der Waals surface area contributed by atoms with Gasteiger partial charge in [0, 0.05) is 13.1 Å². The lowest BCUT2D eigenvalue weighted by Gasteiger charge is -2.35. The average Bonchev–Trinajstić information content (AvgIpc) is 2.34. The minimum atomic E-state index is -0.315. The van der Waals surface area contributed by atoms with Crippen LogP contribution in [0.3, 0.4) is 0 Å². The van der Waals surface area contributed by atoms with E-state index in [9.17, 15) is 4.79 Å². The Labute approximate surface area is 109 Å². The minimum Gasteiger partial charge on any atom is -0.341 e. The average molecular weight is 258 g/mol. The molecule has 1 fully saturated rings. The molecule has 0 aromatic heterocycles. The van der Waals surface area contributed by atoms with Crippen LogP contribution >= 0.6 is 11.8 Å². The highest BCUT2D eigenvalue weighted by atomic mass is 32.2. The Morgan fingerprint density at radius 1 is 1.53 bits per heavy atom. The lowest BCUT2D eigenvalue weighted by atomic mass is 9.86. The van der Waals surface area contributed by atoms with Crippen LogP contribution in [0.2, 0.25) is 0 Å². The van der Waals surface area contributed by atoms with Gasteiger partial charge in [0.05, 0.1) is 6.04 Å². The molecule has 1 aliphatic rings. The summed E-state index contributed by atoms with van der Waals surface area (Å²) >= 11 is 1.74. The number of carbonyl (C=O) groups is 1. The predicted octanol–water partition coefficient (Wildman–Crippen LogP) is 2.10. The van der Waals surface area contributed by atoms with Gasteiger partial charge >= 0.3 is 0 Å². The highest BCUT2D eigenvalue weighted by molar-refractivity contribution is 7.98. The molecule has 0 heterocycles. The molecule has 0 saturated heterocycles. The zero-order chi connectivity index (χ0) is 12.8. The van der Waals surface area contributed by atoms with E-state index in [0.717, 1.165) is 30.9 Å². The van der Waals surface area contributed by atoms with Crippen molar-refractivity contribution in [3.8, 4) is 0 Å². The number of hydrogen-bond acceptors (Lipinski definition) is 3. The van der Waals surface area contributed by atoms with Gasteiger partial charge in [-0.3, -0.25) is 4.79 Å². The van der Waals surface area contributed by atoms with Crippen LogP contribution in [0.25, 0.3) is 0 Å². The number of rotatable bonds is 5. The molecule has 2 unspecified atom stereocenters. The normalized spacial score (nSPS) is 26.6. The van der Waals surface area contributed by atoms with Crippen LogP contribution in [-0.2, 0) is 4.79 Å². The van der Waals surface area contributed by atoms with E-state index in [2.05, 4.69) is 6.92 Å². The summed E-state index contributed by atoms with van der Waals surface area (Å²) in [5.74, 6) is 1.83. The van der Waals surface area contributed by atoms with E-state index in [1.165, 1.54) is 12.8 Å². The highest BCUT2D eigenvalue weighted by Crippen LogP contribution is 2.26. The van der Waals surface area contributed by atoms with Gasteiger partial charge in [0.2, 0.25) is 5.91 Å². The van der Waals surface area contributed by atoms with Crippen molar-refractivity contribution in [1.29, 1.82) is 0 Å². The fraction of sp³-hybridized carbons (Fsp3) is 0.923. The summed E-state index contributed by atoms with van der Waals surface area (Å²) in [6.07, 6.45) is 7.65. The second kappa shape index (κ2) is 7.27. The molecule has 17 heavy (non-hydrogen) atoms. The number of amides is 1. The number of nitrogens with zero attached hydrogens (tertiary/aromatic N) is 1. The first-order valence-electron chi connectivity index (χ1n) is 6.57. The molecule has 0 aliphatic heterocycles. The maximum Gasteiger partial charge on any atom is 0.239 e. The predicted molar refractivity (Wildman–Crippen MR) is 75.2 cm³/mol. The number of likely N-dealkylation sites (N-methyl/N-ethyl adjacent to an activating group) is 1. The third-order valence-electron chi connectivity index (χ3n) is 3.75. The molecule has 1 amide bonds. The van der Waals surface area contributed by atoms with Crippen molar-refractivity contribution in [2.24, 2.45) is 11.7 Å². The zero-order valence-corrected chi connectivity index (χ0v) is 12.1. The fourth-order valence-electron chi connectivity index (χ4n) is 2.56. The van der Waals surface area contributed by atoms with Crippen molar-refractivity contribution in [2.75, 3.05) is 19.1 Å². The lowest BCUT2D eigenvalue weighted by molar-refractivity contribution is -0.134. The first kappa shape index (κ1) is 14.8. The Morgan fingerprint density at radius 3 is 2.82 bits per heavy atom. The Hall–Kier alpha value is -0.220. The van der Waals surface area contributed by atoms with Crippen molar-refractivity contribution < 1.29 is 4.79 Å². The summed E-state index contributed by atoms with van der Waals surface area (Å²) in [4.78, 5) is 14.0. The first-order valence-corrected chi connectivity index (χ1v) is 7.96. The molecule has 1 rings (SSSR count). The molecule has 3 nitrogen and oxygen atoms in total. The molecule has 2 N–H and O–H groups in total. The Morgan fingerprint density at radius 2 is 2.24 bits per heavy atom. The quantitative estimate of drug-likeness (QED) is 0.821. The number of thioether (sulfide) groups is 1. The third-order valence-corrected chi connectivity index (χ3v) is 4.40. The van der Waals surface area contributed by atoms with Crippen molar-refractivity contribution >= 4 is 17.7 Å². The lowest BCUT2D eigenvalue weighted by Crippen LogP contribution is -2.48. The van der Waals surface area contributed by atoms with E-state index in [-0.39, 0.29) is 11.9 Å². The largest absolute Gasteiger partial charge is 0.341 e. The van der Waals surface area contributed by atoms with Crippen molar-refractivity contribution in [3.63, 3.8) is 0 Å². The molecule has 1 saturated carbocycles. The van der Waals surface area contributed by atoms with E-state index >= 15 is 0 Å². The molecule has 0 aromatic carbocycles. The van der Waals surface area contributed by atoms with Gasteiger partial charge in [-0.2, -0.15) is 11.8 Å². The first-order chi connectivity index (χ1) is 8.06. The smallest absolute Gasteiger partial charge is 0.239 e. The van der Waals surface area contributed by atoms with Gasteiger partial charge in [0.25, 0.3) is 0 Å². The van der Waals surface area contributed by atoms with Gasteiger partial charge < -0.3 is 10.6 Å². The van der Waals surface area contributed by atoms with Gasteiger partial charge in [-0.25, -0.2) is 0 Å². The van der Waals surface area contributed by atoms with Crippen LogP contribution in [0.15, 0.2) is 0 Å². The Bertz CT molecular complexity index is 248. The number of nitrogens with two attached hydrogens (primary N) is 1. The van der Waals surface area contributed by atoms with Gasteiger partial charge in [-0.15, -0.1) is 0 Å². The second-order valence-corrected chi connectivity index (χ2v) is 6.25. The second-order valence-electron chi connectivity index (χ2n) is 5.26. The summed E-state index contributed by atoms with van der Waals surface area (Å²) in [5.41, 5.74) is 5.94. The third kappa shape index (κ3) is 4.51. The molecule has 0 aromatic rings. The van der Waals surface area contributed by atoms with E-state index in [1.54, 1.807) is 11.8 Å². The molecule has 3 atom stereocenters. The maximum atomic E-state index is 12.1. The van der Waals surface area contributed by atoms with E-state index in [1.807, 2.05) is 18.2 Å². The number of carbonyl (C=O) groups excluding carboxylic acids is 1. The van der Waals surface area contributed by atoms with E-state index < -0.39 is 0 Å².